The highest BCUT2D eigenvalue weighted by Crippen LogP contribution is 2.33. The van der Waals surface area contributed by atoms with Crippen molar-refractivity contribution in [2.45, 2.75) is 18.9 Å². The fourth-order valence-electron chi connectivity index (χ4n) is 2.55. The van der Waals surface area contributed by atoms with Gasteiger partial charge < -0.3 is 15.4 Å². The van der Waals surface area contributed by atoms with Gasteiger partial charge in [-0.05, 0) is 41.0 Å². The van der Waals surface area contributed by atoms with Gasteiger partial charge in [-0.2, -0.15) is 0 Å². The van der Waals surface area contributed by atoms with Gasteiger partial charge in [0.1, 0.15) is 5.54 Å². The first-order valence-electron chi connectivity index (χ1n) is 6.42. The summed E-state index contributed by atoms with van der Waals surface area (Å²) in [6.45, 7) is 3.66. The molecule has 2 unspecified atom stereocenters. The van der Waals surface area contributed by atoms with Crippen LogP contribution in [0.25, 0.3) is 0 Å². The fourth-order valence-corrected chi connectivity index (χ4v) is 2.93. The first kappa shape index (κ1) is 14.3. The summed E-state index contributed by atoms with van der Waals surface area (Å²) in [6, 6.07) is 7.82. The zero-order valence-electron chi connectivity index (χ0n) is 11.2. The molecular weight excluding hydrogens is 308 g/mol. The maximum atomic E-state index is 12.3. The number of esters is 1. The Kier molecular flexibility index (Phi) is 4.47. The third-order valence-corrected chi connectivity index (χ3v) is 4.46. The standard InChI is InChI=1S/C14H19BrN2O2/c1-10-9-16-8-7-14(10,13(18)19-2)17-12-6-4-3-5-11(12)15/h3-6,10,16-17H,7-9H2,1-2H3. The third kappa shape index (κ3) is 2.77. The minimum Gasteiger partial charge on any atom is -0.467 e. The number of para-hydroxylation sites is 1. The second kappa shape index (κ2) is 5.92. The van der Waals surface area contributed by atoms with Crippen molar-refractivity contribution in [3.8, 4) is 0 Å². The monoisotopic (exact) mass is 326 g/mol. The smallest absolute Gasteiger partial charge is 0.331 e. The Morgan fingerprint density at radius 2 is 2.26 bits per heavy atom. The molecule has 4 nitrogen and oxygen atoms in total. The molecule has 1 aliphatic rings. The van der Waals surface area contributed by atoms with Crippen LogP contribution in [0.1, 0.15) is 13.3 Å². The highest BCUT2D eigenvalue weighted by Gasteiger charge is 2.46. The van der Waals surface area contributed by atoms with Gasteiger partial charge in [0.15, 0.2) is 0 Å². The summed E-state index contributed by atoms with van der Waals surface area (Å²) in [6.07, 6.45) is 0.710. The molecule has 1 heterocycles. The molecule has 1 fully saturated rings. The minimum absolute atomic E-state index is 0.154. The summed E-state index contributed by atoms with van der Waals surface area (Å²) in [4.78, 5) is 12.3. The molecule has 5 heteroatoms. The highest BCUT2D eigenvalue weighted by molar-refractivity contribution is 9.10. The van der Waals surface area contributed by atoms with Crippen molar-refractivity contribution in [3.63, 3.8) is 0 Å². The molecule has 104 valence electrons. The molecule has 0 aliphatic carbocycles. The van der Waals surface area contributed by atoms with Crippen LogP contribution in [0.2, 0.25) is 0 Å². The van der Waals surface area contributed by atoms with Crippen LogP contribution in [0.5, 0.6) is 0 Å². The molecular formula is C14H19BrN2O2. The molecule has 19 heavy (non-hydrogen) atoms. The van der Waals surface area contributed by atoms with Crippen molar-refractivity contribution in [2.24, 2.45) is 5.92 Å². The van der Waals surface area contributed by atoms with Crippen molar-refractivity contribution in [1.82, 2.24) is 5.32 Å². The van der Waals surface area contributed by atoms with E-state index >= 15 is 0 Å². The lowest BCUT2D eigenvalue weighted by Crippen LogP contribution is -2.59. The maximum Gasteiger partial charge on any atom is 0.331 e. The van der Waals surface area contributed by atoms with E-state index in [-0.39, 0.29) is 11.9 Å². The van der Waals surface area contributed by atoms with Gasteiger partial charge in [0.05, 0.1) is 7.11 Å². The number of halogens is 1. The SMILES string of the molecule is COC(=O)C1(Nc2ccccc2Br)CCNCC1C. The van der Waals surface area contributed by atoms with E-state index in [1.807, 2.05) is 24.3 Å². The molecule has 0 spiro atoms. The second-order valence-corrected chi connectivity index (χ2v) is 5.78. The van der Waals surface area contributed by atoms with Gasteiger partial charge in [-0.1, -0.05) is 19.1 Å². The Hall–Kier alpha value is -1.07. The molecule has 1 saturated heterocycles. The van der Waals surface area contributed by atoms with Crippen LogP contribution in [0.15, 0.2) is 28.7 Å². The summed E-state index contributed by atoms with van der Waals surface area (Å²) >= 11 is 3.51. The number of carbonyl (C=O) groups excluding carboxylic acids is 1. The zero-order valence-corrected chi connectivity index (χ0v) is 12.8. The van der Waals surface area contributed by atoms with Gasteiger partial charge in [0.2, 0.25) is 0 Å². The molecule has 1 aliphatic heterocycles. The summed E-state index contributed by atoms with van der Waals surface area (Å²) in [5, 5.41) is 6.71. The van der Waals surface area contributed by atoms with Crippen molar-refractivity contribution in [1.29, 1.82) is 0 Å². The first-order chi connectivity index (χ1) is 9.10. The number of piperidine rings is 1. The number of hydrogen-bond donors (Lipinski definition) is 2. The van der Waals surface area contributed by atoms with E-state index in [0.29, 0.717) is 6.42 Å². The predicted molar refractivity (Wildman–Crippen MR) is 79.2 cm³/mol. The van der Waals surface area contributed by atoms with Crippen molar-refractivity contribution in [2.75, 3.05) is 25.5 Å². The second-order valence-electron chi connectivity index (χ2n) is 4.92. The van der Waals surface area contributed by atoms with Gasteiger partial charge in [-0.15, -0.1) is 0 Å². The van der Waals surface area contributed by atoms with Crippen LogP contribution in [0.4, 0.5) is 5.69 Å². The van der Waals surface area contributed by atoms with Gasteiger partial charge in [-0.3, -0.25) is 0 Å². The minimum atomic E-state index is -0.663. The predicted octanol–water partition coefficient (Wildman–Crippen LogP) is 2.40. The first-order valence-corrected chi connectivity index (χ1v) is 7.21. The lowest BCUT2D eigenvalue weighted by molar-refractivity contribution is -0.148. The topological polar surface area (TPSA) is 50.4 Å². The number of anilines is 1. The number of rotatable bonds is 3. The number of ether oxygens (including phenoxy) is 1. The van der Waals surface area contributed by atoms with E-state index in [1.165, 1.54) is 7.11 Å². The van der Waals surface area contributed by atoms with E-state index < -0.39 is 5.54 Å². The molecule has 2 atom stereocenters. The normalized spacial score (nSPS) is 26.8. The molecule has 0 radical (unpaired) electrons. The maximum absolute atomic E-state index is 12.3. The average Bonchev–Trinajstić information content (AvgIpc) is 2.43. The molecule has 1 aromatic rings. The van der Waals surface area contributed by atoms with Crippen molar-refractivity contribution < 1.29 is 9.53 Å². The highest BCUT2D eigenvalue weighted by atomic mass is 79.9. The zero-order chi connectivity index (χ0) is 13.9. The molecule has 1 aromatic carbocycles. The number of hydrogen-bond acceptors (Lipinski definition) is 4. The van der Waals surface area contributed by atoms with E-state index in [4.69, 9.17) is 4.74 Å². The summed E-state index contributed by atoms with van der Waals surface area (Å²) in [5.41, 5.74) is 0.255. The molecule has 0 bridgehead atoms. The van der Waals surface area contributed by atoms with Crippen molar-refractivity contribution in [3.05, 3.63) is 28.7 Å². The Balaban J connectivity index is 2.33. The molecule has 2 rings (SSSR count). The molecule has 0 amide bonds. The average molecular weight is 327 g/mol. The fraction of sp³-hybridized carbons (Fsp3) is 0.500. The van der Waals surface area contributed by atoms with E-state index in [2.05, 4.69) is 33.5 Å². The number of nitrogens with one attached hydrogen (secondary N) is 2. The lowest BCUT2D eigenvalue weighted by Gasteiger charge is -2.41. The third-order valence-electron chi connectivity index (χ3n) is 3.77. The Bertz CT molecular complexity index is 467. The van der Waals surface area contributed by atoms with Gasteiger partial charge in [-0.25, -0.2) is 4.79 Å². The molecule has 0 saturated carbocycles. The van der Waals surface area contributed by atoms with Crippen LogP contribution < -0.4 is 10.6 Å². The quantitative estimate of drug-likeness (QED) is 0.837. The van der Waals surface area contributed by atoms with E-state index in [0.717, 1.165) is 23.2 Å². The van der Waals surface area contributed by atoms with Crippen LogP contribution in [-0.2, 0) is 9.53 Å². The van der Waals surface area contributed by atoms with E-state index in [1.54, 1.807) is 0 Å². The van der Waals surface area contributed by atoms with Crippen LogP contribution in [0, 0.1) is 5.92 Å². The largest absolute Gasteiger partial charge is 0.467 e. The van der Waals surface area contributed by atoms with Crippen LogP contribution >= 0.6 is 15.9 Å². The lowest BCUT2D eigenvalue weighted by atomic mass is 9.79. The van der Waals surface area contributed by atoms with Gasteiger partial charge in [0, 0.05) is 22.6 Å². The Morgan fingerprint density at radius 1 is 1.53 bits per heavy atom. The molecule has 2 N–H and O–H groups in total. The number of carbonyl (C=O) groups is 1. The Labute approximate surface area is 122 Å². The summed E-state index contributed by atoms with van der Waals surface area (Å²) in [7, 11) is 1.44. The van der Waals surface area contributed by atoms with E-state index in [9.17, 15) is 4.79 Å². The van der Waals surface area contributed by atoms with Crippen LogP contribution in [0.3, 0.4) is 0 Å². The van der Waals surface area contributed by atoms with Gasteiger partial charge in [0.25, 0.3) is 0 Å². The number of benzene rings is 1. The number of methoxy groups -OCH3 is 1. The summed E-state index contributed by atoms with van der Waals surface area (Å²) < 4.78 is 5.98. The summed E-state index contributed by atoms with van der Waals surface area (Å²) in [5.74, 6) is -0.0435. The van der Waals surface area contributed by atoms with Gasteiger partial charge >= 0.3 is 5.97 Å². The van der Waals surface area contributed by atoms with Crippen LogP contribution in [-0.4, -0.2) is 31.7 Å². The Morgan fingerprint density at radius 3 is 2.89 bits per heavy atom. The van der Waals surface area contributed by atoms with Crippen molar-refractivity contribution >= 4 is 27.6 Å². The molecule has 0 aromatic heterocycles.